The first-order chi connectivity index (χ1) is 8.40. The Balaban J connectivity index is 1.89. The third kappa shape index (κ3) is 3.86. The second-order valence-corrected chi connectivity index (χ2v) is 7.93. The molecule has 0 aromatic heterocycles. The molecule has 1 heterocycles. The number of nitrogens with two attached hydrogens (primary N) is 1. The van der Waals surface area contributed by atoms with Gasteiger partial charge in [0, 0.05) is 31.3 Å². The zero-order valence-corrected chi connectivity index (χ0v) is 11.9. The van der Waals surface area contributed by atoms with Gasteiger partial charge in [-0.15, -0.1) is 0 Å². The minimum atomic E-state index is -2.92. The molecule has 2 fully saturated rings. The van der Waals surface area contributed by atoms with E-state index < -0.39 is 9.84 Å². The van der Waals surface area contributed by atoms with Crippen molar-refractivity contribution in [3.05, 3.63) is 0 Å². The summed E-state index contributed by atoms with van der Waals surface area (Å²) in [5, 5.41) is 0. The molecule has 0 aromatic carbocycles. The molecule has 0 aromatic rings. The van der Waals surface area contributed by atoms with Crippen molar-refractivity contribution >= 4 is 15.8 Å². The van der Waals surface area contributed by atoms with Crippen LogP contribution in [-0.2, 0) is 9.84 Å². The maximum Gasteiger partial charge on any atom is 0.191 e. The van der Waals surface area contributed by atoms with Crippen LogP contribution in [0.2, 0.25) is 0 Å². The van der Waals surface area contributed by atoms with E-state index in [4.69, 9.17) is 5.73 Å². The molecule has 2 N–H and O–H groups in total. The van der Waals surface area contributed by atoms with Crippen LogP contribution in [-0.4, -0.2) is 50.9 Å². The van der Waals surface area contributed by atoms with E-state index in [-0.39, 0.29) is 11.2 Å². The van der Waals surface area contributed by atoms with Crippen LogP contribution in [0.5, 0.6) is 0 Å². The van der Waals surface area contributed by atoms with Crippen LogP contribution in [0.25, 0.3) is 0 Å². The fourth-order valence-corrected chi connectivity index (χ4v) is 4.05. The second kappa shape index (κ2) is 5.07. The van der Waals surface area contributed by atoms with Crippen molar-refractivity contribution in [1.82, 2.24) is 4.90 Å². The molecule has 104 valence electrons. The Morgan fingerprint density at radius 3 is 2.39 bits per heavy atom. The number of guanidine groups is 1. The predicted molar refractivity (Wildman–Crippen MR) is 73.3 cm³/mol. The molecule has 6 heteroatoms. The normalized spacial score (nSPS) is 24.1. The molecule has 1 aliphatic heterocycles. The Morgan fingerprint density at radius 1 is 1.28 bits per heavy atom. The van der Waals surface area contributed by atoms with Gasteiger partial charge >= 0.3 is 0 Å². The fourth-order valence-electron chi connectivity index (χ4n) is 2.55. The number of sulfone groups is 1. The van der Waals surface area contributed by atoms with Gasteiger partial charge in [0.05, 0.1) is 5.75 Å². The highest BCUT2D eigenvalue weighted by molar-refractivity contribution is 7.90. The summed E-state index contributed by atoms with van der Waals surface area (Å²) in [6, 6.07) is 0. The number of piperidine rings is 1. The largest absolute Gasteiger partial charge is 0.370 e. The molecule has 0 unspecified atom stereocenters. The number of hydrogen-bond donors (Lipinski definition) is 1. The van der Waals surface area contributed by atoms with E-state index in [0.29, 0.717) is 12.5 Å². The van der Waals surface area contributed by atoms with Crippen LogP contribution in [0.4, 0.5) is 0 Å². The second-order valence-electron chi connectivity index (χ2n) is 5.79. The van der Waals surface area contributed by atoms with Crippen molar-refractivity contribution in [2.75, 3.05) is 31.6 Å². The molecule has 18 heavy (non-hydrogen) atoms. The Kier molecular flexibility index (Phi) is 3.84. The first kappa shape index (κ1) is 13.6. The Bertz CT molecular complexity index is 421. The Labute approximate surface area is 109 Å². The van der Waals surface area contributed by atoms with Gasteiger partial charge < -0.3 is 10.6 Å². The van der Waals surface area contributed by atoms with Crippen LogP contribution >= 0.6 is 0 Å². The molecule has 0 radical (unpaired) electrons. The highest BCUT2D eigenvalue weighted by Crippen LogP contribution is 2.46. The van der Waals surface area contributed by atoms with E-state index in [0.717, 1.165) is 25.9 Å². The van der Waals surface area contributed by atoms with Gasteiger partial charge in [0.25, 0.3) is 0 Å². The quantitative estimate of drug-likeness (QED) is 0.601. The van der Waals surface area contributed by atoms with Crippen molar-refractivity contribution in [3.63, 3.8) is 0 Å². The molecule has 0 spiro atoms. The molecule has 0 atom stereocenters. The van der Waals surface area contributed by atoms with Gasteiger partial charge in [0.2, 0.25) is 0 Å². The molecule has 0 amide bonds. The standard InChI is InChI=1S/C12H23N3O2S/c1-18(16,17)10-12(5-6-12)9-14-11(13)15-7-3-2-4-8-15/h2-10H2,1H3,(H2,13,14). The zero-order chi connectivity index (χ0) is 13.2. The predicted octanol–water partition coefficient (Wildman–Crippen LogP) is 0.612. The van der Waals surface area contributed by atoms with E-state index >= 15 is 0 Å². The summed E-state index contributed by atoms with van der Waals surface area (Å²) in [5.74, 6) is 0.839. The topological polar surface area (TPSA) is 75.8 Å². The smallest absolute Gasteiger partial charge is 0.191 e. The first-order valence-electron chi connectivity index (χ1n) is 6.63. The van der Waals surface area contributed by atoms with E-state index in [1.54, 1.807) is 0 Å². The maximum absolute atomic E-state index is 11.3. The molecule has 5 nitrogen and oxygen atoms in total. The van der Waals surface area contributed by atoms with Crippen LogP contribution in [0, 0.1) is 5.41 Å². The van der Waals surface area contributed by atoms with Gasteiger partial charge in [-0.2, -0.15) is 0 Å². The Hall–Kier alpha value is -0.780. The summed E-state index contributed by atoms with van der Waals surface area (Å²) in [5.41, 5.74) is 5.86. The lowest BCUT2D eigenvalue weighted by Gasteiger charge is -2.27. The summed E-state index contributed by atoms with van der Waals surface area (Å²) in [7, 11) is -2.92. The van der Waals surface area contributed by atoms with Gasteiger partial charge in [-0.05, 0) is 32.1 Å². The van der Waals surface area contributed by atoms with E-state index in [1.165, 1.54) is 25.5 Å². The van der Waals surface area contributed by atoms with Crippen molar-refractivity contribution in [3.8, 4) is 0 Å². The minimum Gasteiger partial charge on any atom is -0.370 e. The van der Waals surface area contributed by atoms with Crippen molar-refractivity contribution in [2.24, 2.45) is 16.1 Å². The number of aliphatic imine (C=N–C) groups is 1. The molecule has 2 aliphatic rings. The van der Waals surface area contributed by atoms with E-state index in [9.17, 15) is 8.42 Å². The third-order valence-electron chi connectivity index (χ3n) is 3.78. The summed E-state index contributed by atoms with van der Waals surface area (Å²) in [4.78, 5) is 6.53. The molecule has 1 saturated heterocycles. The van der Waals surface area contributed by atoms with E-state index in [2.05, 4.69) is 9.89 Å². The maximum atomic E-state index is 11.3. The van der Waals surface area contributed by atoms with Gasteiger partial charge in [-0.3, -0.25) is 4.99 Å². The monoisotopic (exact) mass is 273 g/mol. The highest BCUT2D eigenvalue weighted by Gasteiger charge is 2.45. The van der Waals surface area contributed by atoms with E-state index in [1.807, 2.05) is 0 Å². The lowest BCUT2D eigenvalue weighted by atomic mass is 10.1. The van der Waals surface area contributed by atoms with Crippen LogP contribution in [0.1, 0.15) is 32.1 Å². The molecular formula is C12H23N3O2S. The van der Waals surface area contributed by atoms with Crippen molar-refractivity contribution in [2.45, 2.75) is 32.1 Å². The van der Waals surface area contributed by atoms with Gasteiger partial charge in [0.15, 0.2) is 5.96 Å². The summed E-state index contributed by atoms with van der Waals surface area (Å²) in [6.45, 7) is 2.52. The van der Waals surface area contributed by atoms with Gasteiger partial charge in [0.1, 0.15) is 9.84 Å². The average molecular weight is 273 g/mol. The molecule has 2 rings (SSSR count). The number of likely N-dealkylation sites (tertiary alicyclic amines) is 1. The van der Waals surface area contributed by atoms with Crippen LogP contribution in [0.15, 0.2) is 4.99 Å². The first-order valence-corrected chi connectivity index (χ1v) is 8.69. The molecule has 1 aliphatic carbocycles. The number of hydrogen-bond acceptors (Lipinski definition) is 3. The van der Waals surface area contributed by atoms with Crippen LogP contribution < -0.4 is 5.73 Å². The van der Waals surface area contributed by atoms with Crippen LogP contribution in [0.3, 0.4) is 0 Å². The van der Waals surface area contributed by atoms with Crippen molar-refractivity contribution < 1.29 is 8.42 Å². The zero-order valence-electron chi connectivity index (χ0n) is 11.1. The van der Waals surface area contributed by atoms with Crippen molar-refractivity contribution in [1.29, 1.82) is 0 Å². The molecule has 0 bridgehead atoms. The lowest BCUT2D eigenvalue weighted by molar-refractivity contribution is 0.337. The fraction of sp³-hybridized carbons (Fsp3) is 0.917. The van der Waals surface area contributed by atoms with Gasteiger partial charge in [-0.25, -0.2) is 8.42 Å². The Morgan fingerprint density at radius 2 is 1.89 bits per heavy atom. The minimum absolute atomic E-state index is 0.117. The SMILES string of the molecule is CS(=O)(=O)CC1(CN=C(N)N2CCCCC2)CC1. The lowest BCUT2D eigenvalue weighted by Crippen LogP contribution is -2.41. The molecular weight excluding hydrogens is 250 g/mol. The third-order valence-corrected chi connectivity index (χ3v) is 4.92. The average Bonchev–Trinajstić information content (AvgIpc) is 3.05. The number of rotatable bonds is 4. The summed E-state index contributed by atoms with van der Waals surface area (Å²) in [6.07, 6.45) is 6.82. The summed E-state index contributed by atoms with van der Waals surface area (Å²) >= 11 is 0. The number of nitrogens with zero attached hydrogens (tertiary/aromatic N) is 2. The highest BCUT2D eigenvalue weighted by atomic mass is 32.2. The summed E-state index contributed by atoms with van der Waals surface area (Å²) < 4.78 is 22.7. The molecule has 1 saturated carbocycles. The van der Waals surface area contributed by atoms with Gasteiger partial charge in [-0.1, -0.05) is 0 Å².